The number of aromatic nitrogens is 1. The molecule has 0 aliphatic carbocycles. The zero-order valence-electron chi connectivity index (χ0n) is 5.77. The molecule has 0 unspecified atom stereocenters. The number of nitrogens with one attached hydrogen (secondary N) is 1. The van der Waals surface area contributed by atoms with E-state index < -0.39 is 12.0 Å². The molecule has 1 aromatic rings. The predicted molar refractivity (Wildman–Crippen MR) is 44.1 cm³/mol. The summed E-state index contributed by atoms with van der Waals surface area (Å²) in [5.41, 5.74) is 4.08. The van der Waals surface area contributed by atoms with Crippen LogP contribution in [0.3, 0.4) is 0 Å². The first-order valence-electron chi connectivity index (χ1n) is 2.98. The smallest absolute Gasteiger partial charge is 0.272 e. The quantitative estimate of drug-likeness (QED) is 0.782. The van der Waals surface area contributed by atoms with Crippen molar-refractivity contribution >= 4 is 21.6 Å². The molecule has 6 heteroatoms. The van der Waals surface area contributed by atoms with Crippen molar-refractivity contribution in [3.8, 4) is 0 Å². The molecule has 0 spiro atoms. The number of nitrogens with two attached hydrogens (primary N) is 1. The first-order valence-corrected chi connectivity index (χ1v) is 3.78. The highest BCUT2D eigenvalue weighted by Gasteiger charge is 2.14. The van der Waals surface area contributed by atoms with Gasteiger partial charge in [0.2, 0.25) is 0 Å². The zero-order chi connectivity index (χ0) is 9.30. The van der Waals surface area contributed by atoms with Crippen LogP contribution < -0.4 is 11.3 Å². The van der Waals surface area contributed by atoms with E-state index in [4.69, 9.17) is 5.73 Å². The topological polar surface area (TPSA) is 58.9 Å². The summed E-state index contributed by atoms with van der Waals surface area (Å²) in [5.74, 6) is 0. The Labute approximate surface area is 74.7 Å². The maximum Gasteiger partial charge on any atom is 0.272 e. The van der Waals surface area contributed by atoms with E-state index in [1.165, 1.54) is 0 Å². The van der Waals surface area contributed by atoms with E-state index in [9.17, 15) is 13.6 Å². The fourth-order valence-corrected chi connectivity index (χ4v) is 1.17. The Bertz CT molecular complexity index is 350. The minimum absolute atomic E-state index is 0.0405. The first-order chi connectivity index (χ1) is 5.54. The lowest BCUT2D eigenvalue weighted by atomic mass is 10.3. The second-order valence-corrected chi connectivity index (χ2v) is 2.89. The van der Waals surface area contributed by atoms with Gasteiger partial charge in [-0.2, -0.15) is 0 Å². The molecule has 3 nitrogen and oxygen atoms in total. The number of hydrogen-bond acceptors (Lipinski definition) is 2. The van der Waals surface area contributed by atoms with Crippen LogP contribution in [0.15, 0.2) is 15.5 Å². The van der Waals surface area contributed by atoms with Crippen LogP contribution in [0.2, 0.25) is 0 Å². The van der Waals surface area contributed by atoms with Crippen LogP contribution in [0, 0.1) is 0 Å². The maximum atomic E-state index is 12.1. The van der Waals surface area contributed by atoms with Gasteiger partial charge in [0, 0.05) is 6.20 Å². The minimum Gasteiger partial charge on any atom is -0.393 e. The molecule has 0 radical (unpaired) electrons. The van der Waals surface area contributed by atoms with Gasteiger partial charge in [0.05, 0.1) is 10.0 Å². The summed E-state index contributed by atoms with van der Waals surface area (Å²) < 4.78 is 24.2. The Morgan fingerprint density at radius 2 is 2.17 bits per heavy atom. The number of anilines is 1. The Morgan fingerprint density at radius 3 is 2.67 bits per heavy atom. The van der Waals surface area contributed by atoms with Gasteiger partial charge in [0.1, 0.15) is 5.69 Å². The van der Waals surface area contributed by atoms with Crippen molar-refractivity contribution in [1.29, 1.82) is 0 Å². The third kappa shape index (κ3) is 1.47. The Balaban J connectivity index is 3.36. The third-order valence-corrected chi connectivity index (χ3v) is 2.21. The molecule has 0 amide bonds. The first kappa shape index (κ1) is 9.18. The summed E-state index contributed by atoms with van der Waals surface area (Å²) >= 11 is 2.81. The molecule has 0 aliphatic heterocycles. The van der Waals surface area contributed by atoms with Crippen molar-refractivity contribution in [2.24, 2.45) is 0 Å². The molecule has 0 atom stereocenters. The van der Waals surface area contributed by atoms with E-state index in [1.54, 1.807) is 0 Å². The second-order valence-electron chi connectivity index (χ2n) is 2.10. The zero-order valence-corrected chi connectivity index (χ0v) is 7.36. The molecule has 0 aromatic carbocycles. The van der Waals surface area contributed by atoms with Gasteiger partial charge in [-0.15, -0.1) is 0 Å². The monoisotopic (exact) mass is 238 g/mol. The molecular formula is C6H5BrF2N2O. The fourth-order valence-electron chi connectivity index (χ4n) is 0.698. The standard InChI is InChI=1S/C6H5BrF2N2O/c7-3-2(5(8)9)1-11-6(12)4(3)10/h1,5H,10H2,(H,11,12). The Kier molecular flexibility index (Phi) is 2.46. The molecule has 0 fully saturated rings. The van der Waals surface area contributed by atoms with Gasteiger partial charge in [0.25, 0.3) is 12.0 Å². The predicted octanol–water partition coefficient (Wildman–Crippen LogP) is 1.66. The highest BCUT2D eigenvalue weighted by atomic mass is 79.9. The largest absolute Gasteiger partial charge is 0.393 e. The lowest BCUT2D eigenvalue weighted by Gasteiger charge is -2.03. The molecule has 3 N–H and O–H groups in total. The second kappa shape index (κ2) is 3.22. The van der Waals surface area contributed by atoms with E-state index in [-0.39, 0.29) is 15.7 Å². The molecule has 1 rings (SSSR count). The van der Waals surface area contributed by atoms with E-state index in [1.807, 2.05) is 0 Å². The fraction of sp³-hybridized carbons (Fsp3) is 0.167. The van der Waals surface area contributed by atoms with Crippen molar-refractivity contribution in [3.05, 3.63) is 26.6 Å². The maximum absolute atomic E-state index is 12.1. The molecule has 0 aliphatic rings. The van der Waals surface area contributed by atoms with Crippen molar-refractivity contribution in [2.75, 3.05) is 5.73 Å². The number of aromatic amines is 1. The summed E-state index contributed by atoms with van der Waals surface area (Å²) in [6, 6.07) is 0. The van der Waals surface area contributed by atoms with E-state index in [2.05, 4.69) is 20.9 Å². The minimum atomic E-state index is -2.65. The van der Waals surface area contributed by atoms with Gasteiger partial charge in [-0.3, -0.25) is 4.79 Å². The van der Waals surface area contributed by atoms with Crippen LogP contribution in [0.1, 0.15) is 12.0 Å². The number of rotatable bonds is 1. The molecule has 1 heterocycles. The molecule has 0 bridgehead atoms. The summed E-state index contributed by atoms with van der Waals surface area (Å²) in [4.78, 5) is 12.9. The van der Waals surface area contributed by atoms with Gasteiger partial charge < -0.3 is 10.7 Å². The van der Waals surface area contributed by atoms with Crippen LogP contribution >= 0.6 is 15.9 Å². The SMILES string of the molecule is Nc1c(Br)c(C(F)F)c[nH]c1=O. The van der Waals surface area contributed by atoms with E-state index >= 15 is 0 Å². The lowest BCUT2D eigenvalue weighted by Crippen LogP contribution is -2.13. The summed E-state index contributed by atoms with van der Waals surface area (Å²) in [6.07, 6.45) is -1.72. The Morgan fingerprint density at radius 1 is 1.58 bits per heavy atom. The average molecular weight is 239 g/mol. The normalized spacial score (nSPS) is 10.7. The number of hydrogen-bond donors (Lipinski definition) is 2. The van der Waals surface area contributed by atoms with Crippen LogP contribution in [0.5, 0.6) is 0 Å². The van der Waals surface area contributed by atoms with Gasteiger partial charge >= 0.3 is 0 Å². The Hall–Kier alpha value is -0.910. The van der Waals surface area contributed by atoms with Crippen LogP contribution in [0.25, 0.3) is 0 Å². The van der Waals surface area contributed by atoms with Crippen LogP contribution in [-0.2, 0) is 0 Å². The van der Waals surface area contributed by atoms with Gasteiger partial charge in [-0.25, -0.2) is 8.78 Å². The van der Waals surface area contributed by atoms with Crippen molar-refractivity contribution in [3.63, 3.8) is 0 Å². The number of nitrogen functional groups attached to an aromatic ring is 1. The summed E-state index contributed by atoms with van der Waals surface area (Å²) in [6.45, 7) is 0. The van der Waals surface area contributed by atoms with Crippen molar-refractivity contribution in [2.45, 2.75) is 6.43 Å². The van der Waals surface area contributed by atoms with E-state index in [0.717, 1.165) is 6.20 Å². The lowest BCUT2D eigenvalue weighted by molar-refractivity contribution is 0.150. The number of H-pyrrole nitrogens is 1. The molecule has 66 valence electrons. The summed E-state index contributed by atoms with van der Waals surface area (Å²) in [5, 5.41) is 0. The molecule has 0 saturated carbocycles. The van der Waals surface area contributed by atoms with E-state index in [0.29, 0.717) is 0 Å². The van der Waals surface area contributed by atoms with Gasteiger partial charge in [-0.05, 0) is 15.9 Å². The number of alkyl halides is 2. The van der Waals surface area contributed by atoms with Gasteiger partial charge in [0.15, 0.2) is 0 Å². The highest BCUT2D eigenvalue weighted by molar-refractivity contribution is 9.10. The number of pyridine rings is 1. The highest BCUT2D eigenvalue weighted by Crippen LogP contribution is 2.28. The molecular weight excluding hydrogens is 234 g/mol. The number of halogens is 3. The van der Waals surface area contributed by atoms with Crippen molar-refractivity contribution < 1.29 is 8.78 Å². The molecule has 12 heavy (non-hydrogen) atoms. The van der Waals surface area contributed by atoms with Crippen molar-refractivity contribution in [1.82, 2.24) is 4.98 Å². The molecule has 1 aromatic heterocycles. The van der Waals surface area contributed by atoms with Crippen LogP contribution in [-0.4, -0.2) is 4.98 Å². The van der Waals surface area contributed by atoms with Gasteiger partial charge in [-0.1, -0.05) is 0 Å². The van der Waals surface area contributed by atoms with Crippen LogP contribution in [0.4, 0.5) is 14.5 Å². The average Bonchev–Trinajstić information content (AvgIpc) is 2.00. The third-order valence-electron chi connectivity index (χ3n) is 1.33. The molecule has 0 saturated heterocycles. The summed E-state index contributed by atoms with van der Waals surface area (Å²) in [7, 11) is 0.